The van der Waals surface area contributed by atoms with E-state index in [1.807, 2.05) is 43.0 Å². The minimum absolute atomic E-state index is 0.0267. The van der Waals surface area contributed by atoms with E-state index in [0.29, 0.717) is 41.1 Å². The van der Waals surface area contributed by atoms with E-state index in [-0.39, 0.29) is 12.3 Å². The van der Waals surface area contributed by atoms with Crippen LogP contribution in [-0.4, -0.2) is 44.8 Å². The summed E-state index contributed by atoms with van der Waals surface area (Å²) in [5.41, 5.74) is 14.2. The molecule has 10 nitrogen and oxygen atoms in total. The lowest BCUT2D eigenvalue weighted by Gasteiger charge is -2.22. The lowest BCUT2D eigenvalue weighted by Crippen LogP contribution is -2.42. The molecule has 1 aliphatic heterocycles. The van der Waals surface area contributed by atoms with Gasteiger partial charge in [-0.1, -0.05) is 32.0 Å². The first-order valence-corrected chi connectivity index (χ1v) is 12.6. The fourth-order valence-corrected chi connectivity index (χ4v) is 4.75. The van der Waals surface area contributed by atoms with E-state index < -0.39 is 23.7 Å². The van der Waals surface area contributed by atoms with Gasteiger partial charge in [-0.3, -0.25) is 23.5 Å². The van der Waals surface area contributed by atoms with E-state index in [2.05, 4.69) is 4.99 Å². The topological polar surface area (TPSA) is 146 Å². The zero-order valence-electron chi connectivity index (χ0n) is 21.9. The molecule has 3 aromatic rings. The molecule has 0 atom stereocenters. The Kier molecular flexibility index (Phi) is 7.61. The van der Waals surface area contributed by atoms with Crippen molar-refractivity contribution in [3.8, 4) is 11.1 Å². The quantitative estimate of drug-likeness (QED) is 0.472. The van der Waals surface area contributed by atoms with Gasteiger partial charge in [-0.05, 0) is 48.2 Å². The zero-order valence-corrected chi connectivity index (χ0v) is 21.9. The number of aryl methyl sites for hydroxylation is 1. The van der Waals surface area contributed by atoms with Gasteiger partial charge >= 0.3 is 5.69 Å². The van der Waals surface area contributed by atoms with Crippen LogP contribution in [0.1, 0.15) is 38.7 Å². The number of primary amides is 1. The Hall–Kier alpha value is -4.47. The van der Waals surface area contributed by atoms with Gasteiger partial charge in [0.1, 0.15) is 12.4 Å². The van der Waals surface area contributed by atoms with Crippen molar-refractivity contribution >= 4 is 40.3 Å². The van der Waals surface area contributed by atoms with Crippen molar-refractivity contribution in [1.82, 2.24) is 14.0 Å². The molecule has 0 saturated heterocycles. The van der Waals surface area contributed by atoms with Crippen LogP contribution in [-0.2, 0) is 23.2 Å². The number of amidine groups is 1. The molecule has 0 spiro atoms. The molecule has 10 heteroatoms. The van der Waals surface area contributed by atoms with E-state index in [1.54, 1.807) is 18.2 Å². The molecule has 0 saturated carbocycles. The number of hydrogen-bond acceptors (Lipinski definition) is 6. The van der Waals surface area contributed by atoms with E-state index in [0.717, 1.165) is 34.1 Å². The SMILES string of the molecule is CCCN(CCC)C(=O)C1=Cc2ccc(-c3ccc4c(=O)n(CC(N)=O)c(=O)n(C)c4c3)cc2N=C(N)C1. The van der Waals surface area contributed by atoms with Crippen molar-refractivity contribution in [2.24, 2.45) is 23.5 Å². The molecule has 0 fully saturated rings. The standard InChI is InChI=1S/C28H32N6O4/c1-4-10-33(11-5-2)26(36)20-12-19-7-6-17(13-22(19)31-24(29)15-20)18-8-9-21-23(14-18)32(3)28(38)34(27(21)37)16-25(30)35/h6-9,12-14H,4-5,10-11,15-16H2,1-3H3,(H2,29,31)(H2,30,35). The summed E-state index contributed by atoms with van der Waals surface area (Å²) in [6, 6.07) is 10.8. The fourth-order valence-electron chi connectivity index (χ4n) is 4.75. The first-order valence-electron chi connectivity index (χ1n) is 12.6. The molecule has 2 heterocycles. The maximum absolute atomic E-state index is 13.2. The molecule has 198 valence electrons. The Labute approximate surface area is 219 Å². The zero-order chi connectivity index (χ0) is 27.6. The molecule has 2 aromatic carbocycles. The molecule has 4 N–H and O–H groups in total. The smallest absolute Gasteiger partial charge is 0.331 e. The number of amides is 2. The predicted molar refractivity (Wildman–Crippen MR) is 149 cm³/mol. The van der Waals surface area contributed by atoms with Crippen LogP contribution in [0.4, 0.5) is 5.69 Å². The molecule has 4 rings (SSSR count). The summed E-state index contributed by atoms with van der Waals surface area (Å²) in [5.74, 6) is -0.446. The van der Waals surface area contributed by atoms with Crippen LogP contribution in [0.3, 0.4) is 0 Å². The van der Waals surface area contributed by atoms with Gasteiger partial charge in [0.25, 0.3) is 5.56 Å². The van der Waals surface area contributed by atoms with Crippen molar-refractivity contribution in [3.05, 3.63) is 68.4 Å². The normalized spacial score (nSPS) is 12.9. The second-order valence-electron chi connectivity index (χ2n) is 9.45. The van der Waals surface area contributed by atoms with Crippen LogP contribution < -0.4 is 22.7 Å². The van der Waals surface area contributed by atoms with Crippen molar-refractivity contribution in [1.29, 1.82) is 0 Å². The van der Waals surface area contributed by atoms with Crippen LogP contribution in [0.25, 0.3) is 28.1 Å². The highest BCUT2D eigenvalue weighted by molar-refractivity contribution is 6.05. The maximum atomic E-state index is 13.2. The monoisotopic (exact) mass is 516 g/mol. The van der Waals surface area contributed by atoms with Crippen molar-refractivity contribution in [2.45, 2.75) is 39.7 Å². The number of nitrogens with zero attached hydrogens (tertiary/aromatic N) is 4. The predicted octanol–water partition coefficient (Wildman–Crippen LogP) is 2.28. The van der Waals surface area contributed by atoms with E-state index >= 15 is 0 Å². The van der Waals surface area contributed by atoms with Crippen LogP contribution in [0.15, 0.2) is 56.6 Å². The summed E-state index contributed by atoms with van der Waals surface area (Å²) in [4.78, 5) is 56.6. The van der Waals surface area contributed by atoms with Crippen LogP contribution in [0, 0.1) is 0 Å². The van der Waals surface area contributed by atoms with Crippen LogP contribution >= 0.6 is 0 Å². The molecule has 0 bridgehead atoms. The van der Waals surface area contributed by atoms with Crippen molar-refractivity contribution in [3.63, 3.8) is 0 Å². The largest absolute Gasteiger partial charge is 0.387 e. The van der Waals surface area contributed by atoms with Gasteiger partial charge in [0.2, 0.25) is 11.8 Å². The molecule has 1 aromatic heterocycles. The van der Waals surface area contributed by atoms with E-state index in [1.165, 1.54) is 11.6 Å². The number of carbonyl (C=O) groups is 2. The highest BCUT2D eigenvalue weighted by Crippen LogP contribution is 2.32. The second kappa shape index (κ2) is 10.9. The number of benzene rings is 2. The van der Waals surface area contributed by atoms with Gasteiger partial charge in [-0.2, -0.15) is 0 Å². The van der Waals surface area contributed by atoms with Gasteiger partial charge in [0.15, 0.2) is 0 Å². The third-order valence-electron chi connectivity index (χ3n) is 6.54. The number of carbonyl (C=O) groups excluding carboxylic acids is 2. The van der Waals surface area contributed by atoms with Gasteiger partial charge in [-0.15, -0.1) is 0 Å². The van der Waals surface area contributed by atoms with Crippen LogP contribution in [0.5, 0.6) is 0 Å². The summed E-state index contributed by atoms with van der Waals surface area (Å²) >= 11 is 0. The van der Waals surface area contributed by atoms with Gasteiger partial charge < -0.3 is 16.4 Å². The Bertz CT molecular complexity index is 1610. The van der Waals surface area contributed by atoms with Crippen molar-refractivity contribution < 1.29 is 9.59 Å². The summed E-state index contributed by atoms with van der Waals surface area (Å²) < 4.78 is 2.15. The lowest BCUT2D eigenvalue weighted by molar-refractivity contribution is -0.127. The molecular weight excluding hydrogens is 484 g/mol. The van der Waals surface area contributed by atoms with Gasteiger partial charge in [-0.25, -0.2) is 9.79 Å². The minimum Gasteiger partial charge on any atom is -0.387 e. The first-order chi connectivity index (χ1) is 18.1. The Morgan fingerprint density at radius 2 is 1.68 bits per heavy atom. The molecule has 0 radical (unpaired) electrons. The Balaban J connectivity index is 1.76. The van der Waals surface area contributed by atoms with Gasteiger partial charge in [0, 0.05) is 37.7 Å². The summed E-state index contributed by atoms with van der Waals surface area (Å²) in [5, 5.41) is 0.295. The van der Waals surface area contributed by atoms with Gasteiger partial charge in [0.05, 0.1) is 16.6 Å². The number of rotatable bonds is 8. The molecule has 38 heavy (non-hydrogen) atoms. The number of fused-ring (bicyclic) bond motifs is 2. The average Bonchev–Trinajstić information content (AvgIpc) is 3.06. The number of aromatic nitrogens is 2. The third-order valence-corrected chi connectivity index (χ3v) is 6.54. The molecule has 1 aliphatic rings. The van der Waals surface area contributed by atoms with E-state index in [9.17, 15) is 19.2 Å². The number of hydrogen-bond donors (Lipinski definition) is 2. The molecular formula is C28H32N6O4. The Morgan fingerprint density at radius 3 is 2.34 bits per heavy atom. The van der Waals surface area contributed by atoms with Crippen molar-refractivity contribution in [2.75, 3.05) is 13.1 Å². The second-order valence-corrected chi connectivity index (χ2v) is 9.45. The average molecular weight is 517 g/mol. The highest BCUT2D eigenvalue weighted by atomic mass is 16.2. The molecule has 0 unspecified atom stereocenters. The molecule has 0 aliphatic carbocycles. The Morgan fingerprint density at radius 1 is 1.03 bits per heavy atom. The lowest BCUT2D eigenvalue weighted by atomic mass is 10.00. The fraction of sp³-hybridized carbons (Fsp3) is 0.321. The summed E-state index contributed by atoms with van der Waals surface area (Å²) in [6.07, 6.45) is 3.87. The van der Waals surface area contributed by atoms with Crippen LogP contribution in [0.2, 0.25) is 0 Å². The minimum atomic E-state index is -0.771. The van der Waals surface area contributed by atoms with E-state index in [4.69, 9.17) is 11.5 Å². The summed E-state index contributed by atoms with van der Waals surface area (Å²) in [7, 11) is 1.54. The highest BCUT2D eigenvalue weighted by Gasteiger charge is 2.21. The first kappa shape index (κ1) is 26.6. The third kappa shape index (κ3) is 5.15. The number of aliphatic imine (C=N–C) groups is 1. The maximum Gasteiger partial charge on any atom is 0.331 e. The number of nitrogens with two attached hydrogens (primary N) is 2. The molecule has 2 amide bonds. The summed E-state index contributed by atoms with van der Waals surface area (Å²) in [6.45, 7) is 4.98.